The van der Waals surface area contributed by atoms with E-state index in [9.17, 15) is 19.2 Å². The fourth-order valence-corrected chi connectivity index (χ4v) is 5.37. The Morgan fingerprint density at radius 2 is 1.74 bits per heavy atom. The molecule has 2 aromatic carbocycles. The van der Waals surface area contributed by atoms with Crippen molar-refractivity contribution in [2.45, 2.75) is 26.2 Å². The largest absolute Gasteiger partial charge is 0.426 e. The van der Waals surface area contributed by atoms with Crippen LogP contribution in [0.5, 0.6) is 5.75 Å². The predicted molar refractivity (Wildman–Crippen MR) is 131 cm³/mol. The van der Waals surface area contributed by atoms with Crippen LogP contribution in [0.25, 0.3) is 0 Å². The molecule has 3 amide bonds. The van der Waals surface area contributed by atoms with Gasteiger partial charge in [-0.3, -0.25) is 19.2 Å². The summed E-state index contributed by atoms with van der Waals surface area (Å²) in [6, 6.07) is 11.3. The zero-order valence-corrected chi connectivity index (χ0v) is 20.4. The number of hydrogen-bond acceptors (Lipinski definition) is 5. The van der Waals surface area contributed by atoms with Crippen molar-refractivity contribution in [3.05, 3.63) is 64.2 Å². The Balaban J connectivity index is 1.30. The Morgan fingerprint density at radius 1 is 1.00 bits per heavy atom. The maximum Gasteiger partial charge on any atom is 0.316 e. The summed E-state index contributed by atoms with van der Waals surface area (Å²) in [5.41, 5.74) is 1.92. The molecule has 1 aliphatic carbocycles. The molecule has 0 radical (unpaired) electrons. The molecule has 35 heavy (non-hydrogen) atoms. The van der Waals surface area contributed by atoms with Gasteiger partial charge in [-0.1, -0.05) is 47.0 Å². The van der Waals surface area contributed by atoms with E-state index in [2.05, 4.69) is 0 Å². The van der Waals surface area contributed by atoms with Gasteiger partial charge in [0.05, 0.1) is 39.2 Å². The highest BCUT2D eigenvalue weighted by Crippen LogP contribution is 2.40. The molecule has 3 aliphatic rings. The van der Waals surface area contributed by atoms with Gasteiger partial charge in [0.2, 0.25) is 17.7 Å². The van der Waals surface area contributed by atoms with Gasteiger partial charge in [-0.2, -0.15) is 0 Å². The molecule has 0 saturated carbocycles. The number of halogens is 2. The van der Waals surface area contributed by atoms with Gasteiger partial charge in [-0.15, -0.1) is 0 Å². The summed E-state index contributed by atoms with van der Waals surface area (Å²) in [5, 5.41) is 0.562. The van der Waals surface area contributed by atoms with E-state index < -0.39 is 11.9 Å². The smallest absolute Gasteiger partial charge is 0.316 e. The van der Waals surface area contributed by atoms with Gasteiger partial charge < -0.3 is 9.64 Å². The van der Waals surface area contributed by atoms with Crippen LogP contribution in [0, 0.1) is 17.8 Å². The number of rotatable bonds is 4. The minimum Gasteiger partial charge on any atom is -0.426 e. The van der Waals surface area contributed by atoms with Gasteiger partial charge in [0, 0.05) is 19.0 Å². The van der Waals surface area contributed by atoms with Crippen molar-refractivity contribution in [1.82, 2.24) is 0 Å². The number of ether oxygens (including phenoxy) is 1. The van der Waals surface area contributed by atoms with Crippen molar-refractivity contribution < 1.29 is 23.9 Å². The first-order valence-electron chi connectivity index (χ1n) is 11.3. The molecule has 0 bridgehead atoms. The summed E-state index contributed by atoms with van der Waals surface area (Å²) < 4.78 is 5.55. The van der Waals surface area contributed by atoms with E-state index in [1.165, 1.54) is 15.9 Å². The molecule has 5 rings (SSSR count). The fraction of sp³-hybridized carbons (Fsp3) is 0.308. The van der Waals surface area contributed by atoms with Crippen LogP contribution in [0.2, 0.25) is 10.0 Å². The van der Waals surface area contributed by atoms with E-state index in [4.69, 9.17) is 27.9 Å². The van der Waals surface area contributed by atoms with E-state index >= 15 is 0 Å². The molecule has 0 aromatic heterocycles. The first kappa shape index (κ1) is 23.6. The first-order chi connectivity index (χ1) is 16.7. The molecule has 2 heterocycles. The standard InChI is InChI=1S/C26H22Cl2N2O5/c1-14-8-9-18-19(10-14)25(33)30(24(18)32)16-4-2-5-17(12-16)35-26(34)15-11-22(31)29(13-15)21-7-3-6-20(27)23(21)28/h2-8,12,15,18-19H,9-11,13H2,1H3/t15-,18+,19+/m1/s1. The summed E-state index contributed by atoms with van der Waals surface area (Å²) in [6.45, 7) is 2.07. The number of anilines is 2. The topological polar surface area (TPSA) is 84.0 Å². The molecule has 3 atom stereocenters. The van der Waals surface area contributed by atoms with Gasteiger partial charge in [0.25, 0.3) is 0 Å². The number of benzene rings is 2. The second-order valence-corrected chi connectivity index (χ2v) is 9.90. The molecule has 7 nitrogen and oxygen atoms in total. The summed E-state index contributed by atoms with van der Waals surface area (Å²) in [6.07, 6.45) is 3.11. The maximum atomic E-state index is 13.0. The van der Waals surface area contributed by atoms with Crippen molar-refractivity contribution in [2.24, 2.45) is 17.8 Å². The normalized spacial score (nSPS) is 24.0. The van der Waals surface area contributed by atoms with E-state index in [-0.39, 0.29) is 53.3 Å². The number of amides is 3. The molecule has 0 spiro atoms. The Morgan fingerprint density at radius 3 is 2.54 bits per heavy atom. The van der Waals surface area contributed by atoms with Crippen LogP contribution >= 0.6 is 23.2 Å². The molecule has 180 valence electrons. The Kier molecular flexibility index (Phi) is 6.15. The van der Waals surface area contributed by atoms with Gasteiger partial charge in [0.1, 0.15) is 5.75 Å². The first-order valence-corrected chi connectivity index (χ1v) is 12.1. The molecule has 2 aliphatic heterocycles. The number of imide groups is 1. The molecule has 0 N–H and O–H groups in total. The van der Waals surface area contributed by atoms with Crippen molar-refractivity contribution >= 4 is 58.3 Å². The van der Waals surface area contributed by atoms with E-state index in [1.807, 2.05) is 13.0 Å². The lowest BCUT2D eigenvalue weighted by atomic mass is 9.82. The van der Waals surface area contributed by atoms with Crippen LogP contribution in [0.4, 0.5) is 11.4 Å². The zero-order valence-electron chi connectivity index (χ0n) is 18.9. The number of carbonyl (C=O) groups excluding carboxylic acids is 4. The average Bonchev–Trinajstić information content (AvgIpc) is 3.33. The monoisotopic (exact) mass is 512 g/mol. The zero-order chi connectivity index (χ0) is 24.9. The SMILES string of the molecule is CC1=CC[C@@H]2C(=O)N(c3cccc(OC(=O)[C@@H]4CC(=O)N(c5cccc(Cl)c5Cl)C4)c3)C(=O)[C@H]2C1. The summed E-state index contributed by atoms with van der Waals surface area (Å²) in [7, 11) is 0. The second kappa shape index (κ2) is 9.13. The summed E-state index contributed by atoms with van der Waals surface area (Å²) in [4.78, 5) is 54.0. The highest BCUT2D eigenvalue weighted by atomic mass is 35.5. The fourth-order valence-electron chi connectivity index (χ4n) is 4.98. The van der Waals surface area contributed by atoms with Crippen LogP contribution < -0.4 is 14.5 Å². The van der Waals surface area contributed by atoms with Gasteiger partial charge in [-0.05, 0) is 44.0 Å². The lowest BCUT2D eigenvalue weighted by molar-refractivity contribution is -0.139. The highest BCUT2D eigenvalue weighted by molar-refractivity contribution is 6.44. The minimum absolute atomic E-state index is 0.0276. The van der Waals surface area contributed by atoms with Crippen LogP contribution in [-0.2, 0) is 19.2 Å². The predicted octanol–water partition coefficient (Wildman–Crippen LogP) is 4.80. The molecular weight excluding hydrogens is 491 g/mol. The molecular formula is C26H22Cl2N2O5. The highest BCUT2D eigenvalue weighted by Gasteiger charge is 2.48. The van der Waals surface area contributed by atoms with Gasteiger partial charge >= 0.3 is 5.97 Å². The number of carbonyl (C=O) groups is 4. The summed E-state index contributed by atoms with van der Waals surface area (Å²) in [5.74, 6) is -2.52. The molecule has 2 fully saturated rings. The molecule has 0 unspecified atom stereocenters. The lowest BCUT2D eigenvalue weighted by Crippen LogP contribution is -2.31. The Hall–Kier alpha value is -3.16. The van der Waals surface area contributed by atoms with Crippen molar-refractivity contribution in [3.63, 3.8) is 0 Å². The number of esters is 1. The lowest BCUT2D eigenvalue weighted by Gasteiger charge is -2.19. The molecule has 9 heteroatoms. The maximum absolute atomic E-state index is 13.0. The van der Waals surface area contributed by atoms with E-state index in [0.717, 1.165) is 5.57 Å². The van der Waals surface area contributed by atoms with E-state index in [0.29, 0.717) is 29.2 Å². The summed E-state index contributed by atoms with van der Waals surface area (Å²) >= 11 is 12.3. The van der Waals surface area contributed by atoms with Crippen LogP contribution in [-0.4, -0.2) is 30.2 Å². The number of allylic oxidation sites excluding steroid dienone is 2. The molecule has 2 aromatic rings. The van der Waals surface area contributed by atoms with Crippen LogP contribution in [0.3, 0.4) is 0 Å². The average molecular weight is 513 g/mol. The van der Waals surface area contributed by atoms with Crippen molar-refractivity contribution in [2.75, 3.05) is 16.3 Å². The Labute approximate surface area is 212 Å². The molecule has 2 saturated heterocycles. The number of nitrogens with zero attached hydrogens (tertiary/aromatic N) is 2. The third-order valence-corrected chi connectivity index (χ3v) is 7.61. The van der Waals surface area contributed by atoms with E-state index in [1.54, 1.807) is 36.4 Å². The number of fused-ring (bicyclic) bond motifs is 1. The van der Waals surface area contributed by atoms with Crippen molar-refractivity contribution in [3.8, 4) is 5.75 Å². The van der Waals surface area contributed by atoms with Crippen molar-refractivity contribution in [1.29, 1.82) is 0 Å². The minimum atomic E-state index is -0.701. The van der Waals surface area contributed by atoms with Gasteiger partial charge in [0.15, 0.2) is 0 Å². The second-order valence-electron chi connectivity index (χ2n) is 9.11. The quantitative estimate of drug-likeness (QED) is 0.254. The third-order valence-electron chi connectivity index (χ3n) is 6.80. The number of hydrogen-bond donors (Lipinski definition) is 0. The van der Waals surface area contributed by atoms with Crippen LogP contribution in [0.15, 0.2) is 54.1 Å². The van der Waals surface area contributed by atoms with Crippen LogP contribution in [0.1, 0.15) is 26.2 Å². The van der Waals surface area contributed by atoms with Gasteiger partial charge in [-0.25, -0.2) is 4.90 Å². The third kappa shape index (κ3) is 4.23. The Bertz CT molecular complexity index is 1290.